The number of ether oxygens (including phenoxy) is 1. The molecule has 2 N–H and O–H groups in total. The number of nitrogens with two attached hydrogens (primary N) is 1. The van der Waals surface area contributed by atoms with Crippen molar-refractivity contribution in [2.45, 2.75) is 24.0 Å². The largest absolute Gasteiger partial charge is 0.484 e. The highest BCUT2D eigenvalue weighted by molar-refractivity contribution is 9.10. The Morgan fingerprint density at radius 1 is 1.15 bits per heavy atom. The minimum absolute atomic E-state index is 0.0930. The number of halogens is 1. The van der Waals surface area contributed by atoms with Crippen LogP contribution < -0.4 is 10.5 Å². The van der Waals surface area contributed by atoms with Gasteiger partial charge in [-0.15, -0.1) is 11.8 Å². The Morgan fingerprint density at radius 2 is 1.85 bits per heavy atom. The van der Waals surface area contributed by atoms with Gasteiger partial charge in [0, 0.05) is 15.4 Å². The lowest BCUT2D eigenvalue weighted by Crippen LogP contribution is -2.29. The SMILES string of the molecule is CSc1ccc(OC(c2cccc(Br)c2)C(C)N)cc1. The van der Waals surface area contributed by atoms with E-state index in [1.54, 1.807) is 11.8 Å². The van der Waals surface area contributed by atoms with Crippen molar-refractivity contribution in [2.24, 2.45) is 5.73 Å². The fraction of sp³-hybridized carbons (Fsp3) is 0.250. The van der Waals surface area contributed by atoms with E-state index in [-0.39, 0.29) is 12.1 Å². The van der Waals surface area contributed by atoms with Gasteiger partial charge in [0.25, 0.3) is 0 Å². The summed E-state index contributed by atoms with van der Waals surface area (Å²) in [4.78, 5) is 1.22. The normalized spacial score (nSPS) is 13.8. The monoisotopic (exact) mass is 351 g/mol. The molecular formula is C16H18BrNOS. The molecule has 0 bridgehead atoms. The molecular weight excluding hydrogens is 334 g/mol. The number of benzene rings is 2. The number of thioether (sulfide) groups is 1. The topological polar surface area (TPSA) is 35.2 Å². The van der Waals surface area contributed by atoms with Crippen LogP contribution in [0, 0.1) is 0 Å². The third-order valence-electron chi connectivity index (χ3n) is 2.98. The molecule has 0 amide bonds. The van der Waals surface area contributed by atoms with Crippen molar-refractivity contribution in [2.75, 3.05) is 6.26 Å². The maximum atomic E-state index is 6.08. The van der Waals surface area contributed by atoms with Crippen LogP contribution in [0.4, 0.5) is 0 Å². The highest BCUT2D eigenvalue weighted by atomic mass is 79.9. The smallest absolute Gasteiger partial charge is 0.138 e. The van der Waals surface area contributed by atoms with Crippen LogP contribution in [0.15, 0.2) is 57.9 Å². The molecule has 20 heavy (non-hydrogen) atoms. The van der Waals surface area contributed by atoms with Crippen LogP contribution in [-0.2, 0) is 0 Å². The van der Waals surface area contributed by atoms with E-state index in [2.05, 4.69) is 34.3 Å². The molecule has 4 heteroatoms. The highest BCUT2D eigenvalue weighted by Crippen LogP contribution is 2.27. The predicted molar refractivity (Wildman–Crippen MR) is 89.4 cm³/mol. The zero-order valence-corrected chi connectivity index (χ0v) is 13.9. The molecule has 2 nitrogen and oxygen atoms in total. The predicted octanol–water partition coefficient (Wildman–Crippen LogP) is 4.64. The first kappa shape index (κ1) is 15.4. The van der Waals surface area contributed by atoms with E-state index < -0.39 is 0 Å². The summed E-state index contributed by atoms with van der Waals surface area (Å²) in [6, 6.07) is 16.1. The first-order chi connectivity index (χ1) is 9.60. The minimum Gasteiger partial charge on any atom is -0.484 e. The Bertz CT molecular complexity index is 557. The summed E-state index contributed by atoms with van der Waals surface area (Å²) in [5, 5.41) is 0. The molecule has 2 unspecified atom stereocenters. The van der Waals surface area contributed by atoms with Crippen molar-refractivity contribution < 1.29 is 4.74 Å². The Labute approximate surface area is 132 Å². The van der Waals surface area contributed by atoms with E-state index in [0.29, 0.717) is 0 Å². The van der Waals surface area contributed by atoms with Gasteiger partial charge in [0.2, 0.25) is 0 Å². The third kappa shape index (κ3) is 4.01. The van der Waals surface area contributed by atoms with Crippen LogP contribution >= 0.6 is 27.7 Å². The van der Waals surface area contributed by atoms with Crippen molar-refractivity contribution in [1.82, 2.24) is 0 Å². The maximum absolute atomic E-state index is 6.08. The molecule has 2 aromatic rings. The standard InChI is InChI=1S/C16H18BrNOS/c1-11(18)16(12-4-3-5-13(17)10-12)19-14-6-8-15(20-2)9-7-14/h3-11,16H,18H2,1-2H3. The number of hydrogen-bond acceptors (Lipinski definition) is 3. The van der Waals surface area contributed by atoms with E-state index in [9.17, 15) is 0 Å². The van der Waals surface area contributed by atoms with E-state index in [0.717, 1.165) is 15.8 Å². The summed E-state index contributed by atoms with van der Waals surface area (Å²) in [5.74, 6) is 0.838. The van der Waals surface area contributed by atoms with Crippen molar-refractivity contribution in [1.29, 1.82) is 0 Å². The number of rotatable bonds is 5. The number of hydrogen-bond donors (Lipinski definition) is 1. The Balaban J connectivity index is 2.21. The van der Waals surface area contributed by atoms with Crippen molar-refractivity contribution >= 4 is 27.7 Å². The molecule has 0 aliphatic carbocycles. The Hall–Kier alpha value is -0.970. The minimum atomic E-state index is -0.160. The van der Waals surface area contributed by atoms with Gasteiger partial charge in [-0.3, -0.25) is 0 Å². The summed E-state index contributed by atoms with van der Waals surface area (Å²) in [6.07, 6.45) is 1.90. The van der Waals surface area contributed by atoms with Gasteiger partial charge in [0.1, 0.15) is 11.9 Å². The quantitative estimate of drug-likeness (QED) is 0.797. The zero-order valence-electron chi connectivity index (χ0n) is 11.5. The molecule has 106 valence electrons. The molecule has 0 saturated heterocycles. The second-order valence-corrected chi connectivity index (χ2v) is 6.42. The molecule has 0 fully saturated rings. The summed E-state index contributed by atoms with van der Waals surface area (Å²) >= 11 is 5.20. The van der Waals surface area contributed by atoms with E-state index >= 15 is 0 Å². The molecule has 0 spiro atoms. The molecule has 2 atom stereocenters. The van der Waals surface area contributed by atoms with E-state index in [1.165, 1.54) is 4.90 Å². The van der Waals surface area contributed by atoms with Gasteiger partial charge < -0.3 is 10.5 Å². The highest BCUT2D eigenvalue weighted by Gasteiger charge is 2.18. The summed E-state index contributed by atoms with van der Waals surface area (Å²) < 4.78 is 7.09. The van der Waals surface area contributed by atoms with E-state index in [4.69, 9.17) is 10.5 Å². The van der Waals surface area contributed by atoms with Crippen LogP contribution in [0.25, 0.3) is 0 Å². The molecule has 0 radical (unpaired) electrons. The summed E-state index contributed by atoms with van der Waals surface area (Å²) in [6.45, 7) is 1.96. The lowest BCUT2D eigenvalue weighted by molar-refractivity contribution is 0.180. The lowest BCUT2D eigenvalue weighted by Gasteiger charge is -2.23. The van der Waals surface area contributed by atoms with Crippen LogP contribution in [0.3, 0.4) is 0 Å². The van der Waals surface area contributed by atoms with Gasteiger partial charge in [0.15, 0.2) is 0 Å². The van der Waals surface area contributed by atoms with Crippen LogP contribution in [0.2, 0.25) is 0 Å². The molecule has 0 saturated carbocycles. The second kappa shape index (κ2) is 7.16. The summed E-state index contributed by atoms with van der Waals surface area (Å²) in [7, 11) is 0. The Morgan fingerprint density at radius 3 is 2.40 bits per heavy atom. The van der Waals surface area contributed by atoms with Crippen molar-refractivity contribution in [3.63, 3.8) is 0 Å². The van der Waals surface area contributed by atoms with Gasteiger partial charge >= 0.3 is 0 Å². The molecule has 2 aromatic carbocycles. The molecule has 0 aliphatic rings. The van der Waals surface area contributed by atoms with Gasteiger partial charge in [-0.25, -0.2) is 0 Å². The van der Waals surface area contributed by atoms with Gasteiger partial charge in [-0.05, 0) is 55.1 Å². The first-order valence-electron chi connectivity index (χ1n) is 6.42. The van der Waals surface area contributed by atoms with Crippen molar-refractivity contribution in [3.8, 4) is 5.75 Å². The van der Waals surface area contributed by atoms with Crippen molar-refractivity contribution in [3.05, 3.63) is 58.6 Å². The molecule has 0 aliphatic heterocycles. The van der Waals surface area contributed by atoms with Crippen LogP contribution in [0.5, 0.6) is 5.75 Å². The van der Waals surface area contributed by atoms with Gasteiger partial charge in [-0.2, -0.15) is 0 Å². The average Bonchev–Trinajstić information content (AvgIpc) is 2.45. The van der Waals surface area contributed by atoms with Gasteiger partial charge in [0.05, 0.1) is 0 Å². The lowest BCUT2D eigenvalue weighted by atomic mass is 10.0. The van der Waals surface area contributed by atoms with Gasteiger partial charge in [-0.1, -0.05) is 28.1 Å². The zero-order chi connectivity index (χ0) is 14.5. The fourth-order valence-corrected chi connectivity index (χ4v) is 2.79. The second-order valence-electron chi connectivity index (χ2n) is 4.63. The Kier molecular flexibility index (Phi) is 5.52. The molecule has 0 heterocycles. The van der Waals surface area contributed by atoms with Crippen LogP contribution in [-0.4, -0.2) is 12.3 Å². The fourth-order valence-electron chi connectivity index (χ4n) is 1.96. The maximum Gasteiger partial charge on any atom is 0.138 e. The molecule has 2 rings (SSSR count). The first-order valence-corrected chi connectivity index (χ1v) is 8.43. The van der Waals surface area contributed by atoms with Crippen LogP contribution in [0.1, 0.15) is 18.6 Å². The summed E-state index contributed by atoms with van der Waals surface area (Å²) in [5.41, 5.74) is 7.15. The third-order valence-corrected chi connectivity index (χ3v) is 4.21. The average molecular weight is 352 g/mol. The molecule has 0 aromatic heterocycles. The van der Waals surface area contributed by atoms with E-state index in [1.807, 2.05) is 43.3 Å².